The molecule has 14 heavy (non-hydrogen) atoms. The number of alkyl halides is 2. The van der Waals surface area contributed by atoms with Gasteiger partial charge in [-0.05, 0) is 12.1 Å². The number of benzene rings is 1. The highest BCUT2D eigenvalue weighted by Crippen LogP contribution is 2.34. The van der Waals surface area contributed by atoms with E-state index in [0.717, 1.165) is 12.1 Å². The van der Waals surface area contributed by atoms with E-state index >= 15 is 0 Å². The van der Waals surface area contributed by atoms with Crippen LogP contribution in [0.1, 0.15) is 12.0 Å². The molecule has 0 spiro atoms. The van der Waals surface area contributed by atoms with Crippen LogP contribution < -0.4 is 0 Å². The Balaban J connectivity index is 3.09. The molecule has 0 bridgehead atoms. The Morgan fingerprint density at radius 2 is 1.93 bits per heavy atom. The number of hydrogen-bond donors (Lipinski definition) is 0. The number of nitrogens with zero attached hydrogens (tertiary/aromatic N) is 1. The van der Waals surface area contributed by atoms with Gasteiger partial charge in [-0.15, -0.1) is 0 Å². The highest BCUT2D eigenvalue weighted by molar-refractivity contribution is 6.42. The van der Waals surface area contributed by atoms with Crippen molar-refractivity contribution >= 4 is 23.2 Å². The lowest BCUT2D eigenvalue weighted by atomic mass is 10.1. The fraction of sp³-hybridized carbons (Fsp3) is 0.222. The molecule has 0 heterocycles. The molecule has 1 rings (SSSR count). The Bertz CT molecular complexity index is 385. The lowest BCUT2D eigenvalue weighted by Gasteiger charge is -2.13. The molecule has 0 aliphatic rings. The molecule has 0 atom stereocenters. The highest BCUT2D eigenvalue weighted by atomic mass is 35.5. The van der Waals surface area contributed by atoms with Crippen molar-refractivity contribution in [3.05, 3.63) is 33.8 Å². The Labute approximate surface area is 89.9 Å². The number of hydrogen-bond acceptors (Lipinski definition) is 1. The van der Waals surface area contributed by atoms with E-state index in [1.165, 1.54) is 12.1 Å². The molecule has 1 nitrogen and oxygen atoms in total. The Kier molecular flexibility index (Phi) is 3.30. The Hall–Kier alpha value is -0.850. The molecule has 1 aromatic rings. The minimum atomic E-state index is -3.18. The highest BCUT2D eigenvalue weighted by Gasteiger charge is 2.31. The van der Waals surface area contributed by atoms with Crippen LogP contribution in [0.15, 0.2) is 18.2 Å². The second-order valence-electron chi connectivity index (χ2n) is 2.67. The Morgan fingerprint density at radius 3 is 2.43 bits per heavy atom. The summed E-state index contributed by atoms with van der Waals surface area (Å²) in [5.41, 5.74) is -0.298. The van der Waals surface area contributed by atoms with Crippen LogP contribution in [-0.2, 0) is 5.92 Å². The van der Waals surface area contributed by atoms with Crippen molar-refractivity contribution < 1.29 is 8.78 Å². The molecule has 0 radical (unpaired) electrons. The van der Waals surface area contributed by atoms with Crippen molar-refractivity contribution in [1.82, 2.24) is 0 Å². The first-order valence-corrected chi connectivity index (χ1v) is 4.43. The number of rotatable bonds is 2. The van der Waals surface area contributed by atoms with Gasteiger partial charge < -0.3 is 0 Å². The van der Waals surface area contributed by atoms with Gasteiger partial charge in [0.1, 0.15) is 6.42 Å². The molecule has 0 aromatic heterocycles. The van der Waals surface area contributed by atoms with E-state index in [1.807, 2.05) is 0 Å². The monoisotopic (exact) mass is 235 g/mol. The topological polar surface area (TPSA) is 23.8 Å². The predicted octanol–water partition coefficient (Wildman–Crippen LogP) is 4.00. The quantitative estimate of drug-likeness (QED) is 0.761. The summed E-state index contributed by atoms with van der Waals surface area (Å²) in [5, 5.41) is 8.47. The third kappa shape index (κ3) is 2.34. The summed E-state index contributed by atoms with van der Waals surface area (Å²) in [4.78, 5) is 0. The van der Waals surface area contributed by atoms with Gasteiger partial charge in [-0.2, -0.15) is 5.26 Å². The van der Waals surface area contributed by atoms with Gasteiger partial charge in [0.05, 0.1) is 16.1 Å². The van der Waals surface area contributed by atoms with E-state index in [9.17, 15) is 8.78 Å². The van der Waals surface area contributed by atoms with E-state index in [0.29, 0.717) is 0 Å². The Morgan fingerprint density at radius 1 is 1.29 bits per heavy atom. The van der Waals surface area contributed by atoms with Crippen LogP contribution in [0, 0.1) is 11.3 Å². The van der Waals surface area contributed by atoms with Crippen LogP contribution in [0.4, 0.5) is 8.78 Å². The first-order valence-electron chi connectivity index (χ1n) is 3.67. The molecular formula is C9H5Cl2F2N. The van der Waals surface area contributed by atoms with E-state index in [-0.39, 0.29) is 15.6 Å². The molecular weight excluding hydrogens is 231 g/mol. The van der Waals surface area contributed by atoms with Crippen LogP contribution in [0.2, 0.25) is 10.0 Å². The maximum atomic E-state index is 13.1. The fourth-order valence-corrected chi connectivity index (χ4v) is 1.22. The van der Waals surface area contributed by atoms with Crippen molar-refractivity contribution in [2.24, 2.45) is 0 Å². The lowest BCUT2D eigenvalue weighted by molar-refractivity contribution is 0.000959. The average Bonchev–Trinajstić information content (AvgIpc) is 2.09. The van der Waals surface area contributed by atoms with E-state index in [1.54, 1.807) is 0 Å². The fourth-order valence-electron chi connectivity index (χ4n) is 0.925. The third-order valence-electron chi connectivity index (χ3n) is 1.64. The minimum absolute atomic E-state index is 0.0572. The molecule has 0 N–H and O–H groups in total. The van der Waals surface area contributed by atoms with Crippen LogP contribution in [0.5, 0.6) is 0 Å². The van der Waals surface area contributed by atoms with Gasteiger partial charge in [0.25, 0.3) is 5.92 Å². The van der Waals surface area contributed by atoms with Gasteiger partial charge >= 0.3 is 0 Å². The van der Waals surface area contributed by atoms with Gasteiger partial charge in [-0.25, -0.2) is 8.78 Å². The molecule has 0 saturated heterocycles. The van der Waals surface area contributed by atoms with E-state index in [4.69, 9.17) is 28.5 Å². The summed E-state index contributed by atoms with van der Waals surface area (Å²) in [6, 6.07) is 4.93. The zero-order chi connectivity index (χ0) is 10.8. The van der Waals surface area contributed by atoms with Gasteiger partial charge in [-0.1, -0.05) is 29.3 Å². The van der Waals surface area contributed by atoms with Gasteiger partial charge in [-0.3, -0.25) is 0 Å². The largest absolute Gasteiger partial charge is 0.286 e. The molecule has 74 valence electrons. The summed E-state index contributed by atoms with van der Waals surface area (Å²) >= 11 is 11.1. The van der Waals surface area contributed by atoms with Crippen molar-refractivity contribution in [3.63, 3.8) is 0 Å². The smallest absolute Gasteiger partial charge is 0.200 e. The summed E-state index contributed by atoms with van der Waals surface area (Å²) in [6.45, 7) is 0. The normalized spacial score (nSPS) is 11.1. The van der Waals surface area contributed by atoms with E-state index in [2.05, 4.69) is 0 Å². The lowest BCUT2D eigenvalue weighted by Crippen LogP contribution is -2.11. The third-order valence-corrected chi connectivity index (χ3v) is 2.38. The molecule has 0 unspecified atom stereocenters. The van der Waals surface area contributed by atoms with Gasteiger partial charge in [0, 0.05) is 5.56 Å². The zero-order valence-corrected chi connectivity index (χ0v) is 8.41. The standard InChI is InChI=1S/C9H5Cl2F2N/c10-7-2-1-6(5-8(7)11)9(12,13)3-4-14/h1-2,5H,3H2. The van der Waals surface area contributed by atoms with Crippen molar-refractivity contribution in [1.29, 1.82) is 5.26 Å². The van der Waals surface area contributed by atoms with Crippen molar-refractivity contribution in [2.45, 2.75) is 12.3 Å². The first kappa shape index (κ1) is 11.2. The molecule has 0 aliphatic carbocycles. The second-order valence-corrected chi connectivity index (χ2v) is 3.48. The molecule has 0 saturated carbocycles. The van der Waals surface area contributed by atoms with E-state index < -0.39 is 12.3 Å². The van der Waals surface area contributed by atoms with Gasteiger partial charge in [0.15, 0.2) is 0 Å². The number of halogens is 4. The van der Waals surface area contributed by atoms with Crippen LogP contribution in [0.25, 0.3) is 0 Å². The summed E-state index contributed by atoms with van der Waals surface area (Å²) in [5.74, 6) is -3.18. The number of nitriles is 1. The van der Waals surface area contributed by atoms with Gasteiger partial charge in [0.2, 0.25) is 0 Å². The summed E-state index contributed by atoms with van der Waals surface area (Å²) in [6.07, 6.45) is -0.870. The molecule has 0 aliphatic heterocycles. The molecule has 0 amide bonds. The van der Waals surface area contributed by atoms with Crippen LogP contribution in [0.3, 0.4) is 0 Å². The molecule has 0 fully saturated rings. The maximum absolute atomic E-state index is 13.1. The molecule has 1 aromatic carbocycles. The molecule has 5 heteroatoms. The zero-order valence-electron chi connectivity index (χ0n) is 6.90. The summed E-state index contributed by atoms with van der Waals surface area (Å²) in [7, 11) is 0. The van der Waals surface area contributed by atoms with Crippen LogP contribution in [-0.4, -0.2) is 0 Å². The van der Waals surface area contributed by atoms with Crippen molar-refractivity contribution in [3.8, 4) is 6.07 Å². The SMILES string of the molecule is N#CCC(F)(F)c1ccc(Cl)c(Cl)c1. The van der Waals surface area contributed by atoms with Crippen molar-refractivity contribution in [2.75, 3.05) is 0 Å². The minimum Gasteiger partial charge on any atom is -0.200 e. The maximum Gasteiger partial charge on any atom is 0.286 e. The van der Waals surface area contributed by atoms with Crippen LogP contribution >= 0.6 is 23.2 Å². The second kappa shape index (κ2) is 4.12. The average molecular weight is 236 g/mol. The predicted molar refractivity (Wildman–Crippen MR) is 50.6 cm³/mol. The first-order chi connectivity index (χ1) is 6.47. The summed E-state index contributed by atoms with van der Waals surface area (Å²) < 4.78 is 26.3.